The summed E-state index contributed by atoms with van der Waals surface area (Å²) in [6.45, 7) is 0. The normalized spacial score (nSPS) is 15.8. The van der Waals surface area contributed by atoms with Gasteiger partial charge in [0, 0.05) is 0 Å². The summed E-state index contributed by atoms with van der Waals surface area (Å²) in [5.74, 6) is -2.26. The Morgan fingerprint density at radius 3 is 1.70 bits per heavy atom. The molecule has 0 aliphatic rings. The van der Waals surface area contributed by atoms with Crippen LogP contribution in [0.5, 0.6) is 0 Å². The summed E-state index contributed by atoms with van der Waals surface area (Å²) in [5.41, 5.74) is 14.6. The summed E-state index contributed by atoms with van der Waals surface area (Å²) in [6.07, 6.45) is 0. The molecular weight excluding hydrogens is 138 g/mol. The monoisotopic (exact) mass is 147 g/mol. The zero-order valence-corrected chi connectivity index (χ0v) is 5.15. The highest BCUT2D eigenvalue weighted by Gasteiger charge is 2.24. The number of carboxylic acids is 1. The smallest absolute Gasteiger partial charge is 0.322 e. The minimum atomic E-state index is -1.42. The number of rotatable bonds is 3. The van der Waals surface area contributed by atoms with E-state index in [9.17, 15) is 9.59 Å². The van der Waals surface area contributed by atoms with Crippen LogP contribution in [0.25, 0.3) is 0 Å². The van der Waals surface area contributed by atoms with Crippen LogP contribution in [0.2, 0.25) is 0 Å². The summed E-state index contributed by atoms with van der Waals surface area (Å²) >= 11 is 0. The molecule has 0 fully saturated rings. The molecule has 58 valence electrons. The number of aliphatic carboxylic acids is 1. The van der Waals surface area contributed by atoms with Crippen LogP contribution in [0.3, 0.4) is 0 Å². The number of hydrogen-bond donors (Lipinski definition) is 4. The first kappa shape index (κ1) is 8.86. The number of hydrogen-bond acceptors (Lipinski definition) is 4. The maximum Gasteiger partial charge on any atom is 0.322 e. The van der Waals surface area contributed by atoms with E-state index < -0.39 is 24.0 Å². The third kappa shape index (κ3) is 2.00. The number of carbonyl (C=O) groups is 2. The summed E-state index contributed by atoms with van der Waals surface area (Å²) in [5, 5.41) is 8.19. The van der Waals surface area contributed by atoms with Gasteiger partial charge < -0.3 is 22.3 Å². The number of carbonyl (C=O) groups excluding carboxylic acids is 1. The highest BCUT2D eigenvalue weighted by Crippen LogP contribution is 1.84. The summed E-state index contributed by atoms with van der Waals surface area (Å²) in [4.78, 5) is 20.2. The van der Waals surface area contributed by atoms with Crippen molar-refractivity contribution in [3.05, 3.63) is 0 Å². The SMILES string of the molecule is NC(=O)C(N)[C@H](N)C(=O)O. The summed E-state index contributed by atoms with van der Waals surface area (Å²) in [6, 6.07) is -2.74. The van der Waals surface area contributed by atoms with E-state index >= 15 is 0 Å². The Morgan fingerprint density at radius 2 is 1.60 bits per heavy atom. The van der Waals surface area contributed by atoms with Crippen molar-refractivity contribution in [1.29, 1.82) is 0 Å². The Morgan fingerprint density at radius 1 is 1.20 bits per heavy atom. The zero-order chi connectivity index (χ0) is 8.31. The van der Waals surface area contributed by atoms with Crippen LogP contribution in [0.1, 0.15) is 0 Å². The van der Waals surface area contributed by atoms with Gasteiger partial charge in [-0.1, -0.05) is 0 Å². The fourth-order valence-corrected chi connectivity index (χ4v) is 0.331. The van der Waals surface area contributed by atoms with Gasteiger partial charge in [-0.25, -0.2) is 0 Å². The lowest BCUT2D eigenvalue weighted by Gasteiger charge is -2.10. The Balaban J connectivity index is 4.07. The van der Waals surface area contributed by atoms with Crippen LogP contribution >= 0.6 is 0 Å². The van der Waals surface area contributed by atoms with Crippen molar-refractivity contribution < 1.29 is 14.7 Å². The molecule has 2 atom stereocenters. The first-order chi connectivity index (χ1) is 4.46. The Labute approximate surface area is 57.0 Å². The van der Waals surface area contributed by atoms with E-state index in [0.29, 0.717) is 0 Å². The maximum absolute atomic E-state index is 10.2. The van der Waals surface area contributed by atoms with Crippen LogP contribution in [0.4, 0.5) is 0 Å². The lowest BCUT2D eigenvalue weighted by atomic mass is 10.1. The highest BCUT2D eigenvalue weighted by molar-refractivity contribution is 5.88. The van der Waals surface area contributed by atoms with Gasteiger partial charge in [0.25, 0.3) is 0 Å². The predicted molar refractivity (Wildman–Crippen MR) is 32.8 cm³/mol. The molecule has 0 aliphatic heterocycles. The molecule has 0 radical (unpaired) electrons. The van der Waals surface area contributed by atoms with Crippen LogP contribution in [-0.2, 0) is 9.59 Å². The minimum absolute atomic E-state index is 0.921. The second-order valence-electron chi connectivity index (χ2n) is 1.79. The molecule has 0 aromatic rings. The predicted octanol–water partition coefficient (Wildman–Crippen LogP) is -2.79. The van der Waals surface area contributed by atoms with E-state index in [0.717, 1.165) is 0 Å². The average molecular weight is 147 g/mol. The molecule has 0 aliphatic carbocycles. The molecule has 0 heterocycles. The van der Waals surface area contributed by atoms with Gasteiger partial charge in [-0.05, 0) is 0 Å². The van der Waals surface area contributed by atoms with Gasteiger partial charge in [0.15, 0.2) is 0 Å². The fraction of sp³-hybridized carbons (Fsp3) is 0.500. The van der Waals surface area contributed by atoms with Gasteiger partial charge in [0.05, 0.1) is 0 Å². The summed E-state index contributed by atoms with van der Waals surface area (Å²) in [7, 11) is 0. The Kier molecular flexibility index (Phi) is 2.78. The first-order valence-corrected chi connectivity index (χ1v) is 2.50. The van der Waals surface area contributed by atoms with Crippen molar-refractivity contribution in [3.63, 3.8) is 0 Å². The van der Waals surface area contributed by atoms with Crippen molar-refractivity contribution in [3.8, 4) is 0 Å². The van der Waals surface area contributed by atoms with Crippen molar-refractivity contribution in [2.45, 2.75) is 12.1 Å². The largest absolute Gasteiger partial charge is 0.480 e. The Hall–Kier alpha value is -1.14. The molecule has 1 amide bonds. The molecule has 0 saturated heterocycles. The molecule has 0 spiro atoms. The maximum atomic E-state index is 10.2. The average Bonchev–Trinajstić information content (AvgIpc) is 1.84. The molecule has 1 unspecified atom stereocenters. The Bertz CT molecular complexity index is 140. The van der Waals surface area contributed by atoms with Gasteiger partial charge >= 0.3 is 5.97 Å². The number of nitrogens with two attached hydrogens (primary N) is 3. The lowest BCUT2D eigenvalue weighted by molar-refractivity contribution is -0.140. The van der Waals surface area contributed by atoms with E-state index in [2.05, 4.69) is 5.73 Å². The second kappa shape index (κ2) is 3.14. The molecule has 0 rings (SSSR count). The third-order valence-electron chi connectivity index (χ3n) is 1.00. The standard InChI is InChI=1S/C4H9N3O3/c5-1(3(7)8)2(6)4(9)10/h1-2H,5-6H2,(H2,7,8)(H,9,10)/t1?,2-/m0/s1. The van der Waals surface area contributed by atoms with E-state index in [-0.39, 0.29) is 0 Å². The van der Waals surface area contributed by atoms with E-state index in [1.807, 2.05) is 0 Å². The lowest BCUT2D eigenvalue weighted by Crippen LogP contribution is -2.54. The number of carboxylic acid groups (broad SMARTS) is 1. The molecule has 6 heteroatoms. The summed E-state index contributed by atoms with van der Waals surface area (Å²) < 4.78 is 0. The van der Waals surface area contributed by atoms with Crippen molar-refractivity contribution in [1.82, 2.24) is 0 Å². The molecule has 0 aromatic carbocycles. The van der Waals surface area contributed by atoms with Gasteiger partial charge in [0.2, 0.25) is 5.91 Å². The van der Waals surface area contributed by atoms with Crippen molar-refractivity contribution >= 4 is 11.9 Å². The van der Waals surface area contributed by atoms with Gasteiger partial charge in [-0.2, -0.15) is 0 Å². The number of amides is 1. The van der Waals surface area contributed by atoms with Crippen LogP contribution in [0, 0.1) is 0 Å². The molecule has 0 saturated carbocycles. The highest BCUT2D eigenvalue weighted by atomic mass is 16.4. The van der Waals surface area contributed by atoms with Crippen molar-refractivity contribution in [2.24, 2.45) is 17.2 Å². The van der Waals surface area contributed by atoms with Gasteiger partial charge in [-0.3, -0.25) is 9.59 Å². The van der Waals surface area contributed by atoms with Crippen LogP contribution < -0.4 is 17.2 Å². The third-order valence-corrected chi connectivity index (χ3v) is 1.00. The van der Waals surface area contributed by atoms with E-state index in [1.165, 1.54) is 0 Å². The minimum Gasteiger partial charge on any atom is -0.480 e. The molecular formula is C4H9N3O3. The first-order valence-electron chi connectivity index (χ1n) is 2.50. The molecule has 0 bridgehead atoms. The molecule has 10 heavy (non-hydrogen) atoms. The zero-order valence-electron chi connectivity index (χ0n) is 5.15. The fourth-order valence-electron chi connectivity index (χ4n) is 0.331. The van der Waals surface area contributed by atoms with Crippen molar-refractivity contribution in [2.75, 3.05) is 0 Å². The molecule has 6 nitrogen and oxygen atoms in total. The van der Waals surface area contributed by atoms with Gasteiger partial charge in [-0.15, -0.1) is 0 Å². The van der Waals surface area contributed by atoms with Crippen LogP contribution in [0.15, 0.2) is 0 Å². The van der Waals surface area contributed by atoms with Crippen LogP contribution in [-0.4, -0.2) is 29.1 Å². The van der Waals surface area contributed by atoms with Gasteiger partial charge in [0.1, 0.15) is 12.1 Å². The molecule has 0 aromatic heterocycles. The quantitative estimate of drug-likeness (QED) is 0.342. The molecule has 7 N–H and O–H groups in total. The van der Waals surface area contributed by atoms with E-state index in [4.69, 9.17) is 16.6 Å². The topological polar surface area (TPSA) is 132 Å². The number of primary amides is 1. The van der Waals surface area contributed by atoms with E-state index in [1.54, 1.807) is 0 Å². The second-order valence-corrected chi connectivity index (χ2v) is 1.79.